The molecule has 0 aromatic carbocycles. The van der Waals surface area contributed by atoms with Crippen molar-refractivity contribution in [3.8, 4) is 0 Å². The van der Waals surface area contributed by atoms with Gasteiger partial charge in [0.05, 0.1) is 6.10 Å². The SMILES string of the molecule is Cn1c(C(=O)N2CCCC(O)C2)cccc1=O. The molecule has 5 nitrogen and oxygen atoms in total. The van der Waals surface area contributed by atoms with E-state index in [1.165, 1.54) is 10.6 Å². The van der Waals surface area contributed by atoms with Crippen LogP contribution in [-0.4, -0.2) is 39.7 Å². The van der Waals surface area contributed by atoms with Crippen LogP contribution in [0.15, 0.2) is 23.0 Å². The largest absolute Gasteiger partial charge is 0.391 e. The Labute approximate surface area is 99.3 Å². The average molecular weight is 236 g/mol. The van der Waals surface area contributed by atoms with Crippen LogP contribution < -0.4 is 5.56 Å². The number of aliphatic hydroxyl groups is 1. The van der Waals surface area contributed by atoms with Gasteiger partial charge in [-0.25, -0.2) is 0 Å². The molecule has 2 rings (SSSR count). The summed E-state index contributed by atoms with van der Waals surface area (Å²) in [5, 5.41) is 9.54. The first kappa shape index (κ1) is 11.9. The van der Waals surface area contributed by atoms with Gasteiger partial charge in [-0.05, 0) is 18.9 Å². The lowest BCUT2D eigenvalue weighted by atomic mass is 10.1. The van der Waals surface area contributed by atoms with Gasteiger partial charge in [0, 0.05) is 26.2 Å². The van der Waals surface area contributed by atoms with Gasteiger partial charge in [0.1, 0.15) is 5.69 Å². The highest BCUT2D eigenvalue weighted by atomic mass is 16.3. The molecule has 1 atom stereocenters. The van der Waals surface area contributed by atoms with Crippen LogP contribution in [-0.2, 0) is 7.05 Å². The maximum absolute atomic E-state index is 12.2. The summed E-state index contributed by atoms with van der Waals surface area (Å²) >= 11 is 0. The van der Waals surface area contributed by atoms with Crippen molar-refractivity contribution in [1.29, 1.82) is 0 Å². The molecule has 1 aliphatic heterocycles. The number of hydrogen-bond acceptors (Lipinski definition) is 3. The molecule has 0 radical (unpaired) electrons. The fraction of sp³-hybridized carbons (Fsp3) is 0.500. The van der Waals surface area contributed by atoms with Gasteiger partial charge in [-0.2, -0.15) is 0 Å². The molecular formula is C12H16N2O3. The number of aromatic nitrogens is 1. The number of aliphatic hydroxyl groups excluding tert-OH is 1. The normalized spacial score (nSPS) is 20.4. The number of carbonyl (C=O) groups excluding carboxylic acids is 1. The summed E-state index contributed by atoms with van der Waals surface area (Å²) < 4.78 is 1.34. The van der Waals surface area contributed by atoms with Gasteiger partial charge >= 0.3 is 0 Å². The van der Waals surface area contributed by atoms with Crippen molar-refractivity contribution in [2.75, 3.05) is 13.1 Å². The van der Waals surface area contributed by atoms with Crippen LogP contribution in [0.25, 0.3) is 0 Å². The minimum absolute atomic E-state index is 0.191. The van der Waals surface area contributed by atoms with Crippen LogP contribution in [0.5, 0.6) is 0 Å². The average Bonchev–Trinajstić information content (AvgIpc) is 2.32. The number of rotatable bonds is 1. The van der Waals surface area contributed by atoms with Crippen molar-refractivity contribution >= 4 is 5.91 Å². The van der Waals surface area contributed by atoms with Crippen LogP contribution in [0.4, 0.5) is 0 Å². The number of amides is 1. The van der Waals surface area contributed by atoms with Crippen molar-refractivity contribution in [3.05, 3.63) is 34.2 Å². The Morgan fingerprint density at radius 3 is 2.94 bits per heavy atom. The number of hydrogen-bond donors (Lipinski definition) is 1. The smallest absolute Gasteiger partial charge is 0.270 e. The third-order valence-electron chi connectivity index (χ3n) is 3.09. The van der Waals surface area contributed by atoms with Gasteiger partial charge in [0.25, 0.3) is 11.5 Å². The Hall–Kier alpha value is -1.62. The summed E-state index contributed by atoms with van der Waals surface area (Å²) in [6.07, 6.45) is 1.08. The third-order valence-corrected chi connectivity index (χ3v) is 3.09. The molecule has 1 fully saturated rings. The van der Waals surface area contributed by atoms with Crippen molar-refractivity contribution in [3.63, 3.8) is 0 Å². The fourth-order valence-electron chi connectivity index (χ4n) is 2.08. The van der Waals surface area contributed by atoms with E-state index in [4.69, 9.17) is 0 Å². The number of pyridine rings is 1. The minimum atomic E-state index is -0.451. The highest BCUT2D eigenvalue weighted by Gasteiger charge is 2.24. The summed E-state index contributed by atoms with van der Waals surface area (Å²) in [6.45, 7) is 0.987. The molecule has 1 N–H and O–H groups in total. The standard InChI is InChI=1S/C12H16N2O3/c1-13-10(5-2-6-11(13)16)12(17)14-7-3-4-9(15)8-14/h2,5-6,9,15H,3-4,7-8H2,1H3. The summed E-state index contributed by atoms with van der Waals surface area (Å²) in [5.41, 5.74) is 0.167. The predicted molar refractivity (Wildman–Crippen MR) is 62.8 cm³/mol. The molecule has 17 heavy (non-hydrogen) atoms. The van der Waals surface area contributed by atoms with Crippen molar-refractivity contribution in [2.45, 2.75) is 18.9 Å². The molecule has 0 aliphatic carbocycles. The molecular weight excluding hydrogens is 220 g/mol. The Balaban J connectivity index is 2.25. The lowest BCUT2D eigenvalue weighted by molar-refractivity contribution is 0.0465. The monoisotopic (exact) mass is 236 g/mol. The second kappa shape index (κ2) is 4.71. The molecule has 1 unspecified atom stereocenters. The number of piperidine rings is 1. The van der Waals surface area contributed by atoms with Gasteiger partial charge in [-0.15, -0.1) is 0 Å². The maximum Gasteiger partial charge on any atom is 0.270 e. The number of nitrogens with zero attached hydrogens (tertiary/aromatic N) is 2. The highest BCUT2D eigenvalue weighted by molar-refractivity contribution is 5.92. The van der Waals surface area contributed by atoms with Crippen molar-refractivity contribution in [1.82, 2.24) is 9.47 Å². The molecule has 5 heteroatoms. The van der Waals surface area contributed by atoms with E-state index in [1.807, 2.05) is 0 Å². The van der Waals surface area contributed by atoms with E-state index < -0.39 is 6.10 Å². The van der Waals surface area contributed by atoms with E-state index in [0.29, 0.717) is 18.8 Å². The molecule has 92 valence electrons. The van der Waals surface area contributed by atoms with E-state index in [0.717, 1.165) is 12.8 Å². The summed E-state index contributed by atoms with van der Waals surface area (Å²) in [4.78, 5) is 25.2. The highest BCUT2D eigenvalue weighted by Crippen LogP contribution is 2.12. The maximum atomic E-state index is 12.2. The first-order valence-electron chi connectivity index (χ1n) is 5.73. The summed E-state index contributed by atoms with van der Waals surface area (Å²) in [6, 6.07) is 4.63. The molecule has 0 spiro atoms. The van der Waals surface area contributed by atoms with Crippen LogP contribution >= 0.6 is 0 Å². The fourth-order valence-corrected chi connectivity index (χ4v) is 2.08. The van der Waals surface area contributed by atoms with Crippen LogP contribution in [0.1, 0.15) is 23.3 Å². The molecule has 1 aliphatic rings. The molecule has 1 aromatic rings. The zero-order chi connectivity index (χ0) is 12.4. The van der Waals surface area contributed by atoms with Gasteiger partial charge in [-0.3, -0.25) is 9.59 Å². The Morgan fingerprint density at radius 1 is 1.47 bits per heavy atom. The predicted octanol–water partition coefficient (Wildman–Crippen LogP) is -0.0178. The number of β-amino-alcohol motifs (C(OH)–C–C–N with tert-alkyl or cyclic N) is 1. The van der Waals surface area contributed by atoms with E-state index >= 15 is 0 Å². The van der Waals surface area contributed by atoms with Crippen molar-refractivity contribution < 1.29 is 9.90 Å². The zero-order valence-corrected chi connectivity index (χ0v) is 9.80. The first-order chi connectivity index (χ1) is 8.09. The second-order valence-electron chi connectivity index (χ2n) is 4.36. The molecule has 1 saturated heterocycles. The lowest BCUT2D eigenvalue weighted by Crippen LogP contribution is -2.43. The van der Waals surface area contributed by atoms with Gasteiger partial charge in [0.2, 0.25) is 0 Å². The third kappa shape index (κ3) is 2.39. The summed E-state index contributed by atoms with van der Waals surface area (Å²) in [7, 11) is 1.58. The first-order valence-corrected chi connectivity index (χ1v) is 5.73. The topological polar surface area (TPSA) is 62.5 Å². The van der Waals surface area contributed by atoms with E-state index in [9.17, 15) is 14.7 Å². The summed E-state index contributed by atoms with van der Waals surface area (Å²) in [5.74, 6) is -0.191. The van der Waals surface area contributed by atoms with Gasteiger partial charge < -0.3 is 14.6 Å². The Morgan fingerprint density at radius 2 is 2.24 bits per heavy atom. The quantitative estimate of drug-likeness (QED) is 0.745. The Kier molecular flexibility index (Phi) is 3.28. The van der Waals surface area contributed by atoms with E-state index in [-0.39, 0.29) is 11.5 Å². The van der Waals surface area contributed by atoms with Gasteiger partial charge in [-0.1, -0.05) is 6.07 Å². The molecule has 1 amide bonds. The number of carbonyl (C=O) groups is 1. The molecule has 1 aromatic heterocycles. The van der Waals surface area contributed by atoms with E-state index in [1.54, 1.807) is 24.1 Å². The molecule has 0 bridgehead atoms. The molecule has 2 heterocycles. The van der Waals surface area contributed by atoms with Crippen molar-refractivity contribution in [2.24, 2.45) is 7.05 Å². The van der Waals surface area contributed by atoms with E-state index in [2.05, 4.69) is 0 Å². The van der Waals surface area contributed by atoms with Crippen LogP contribution in [0.2, 0.25) is 0 Å². The number of likely N-dealkylation sites (tertiary alicyclic amines) is 1. The van der Waals surface area contributed by atoms with Crippen LogP contribution in [0, 0.1) is 0 Å². The lowest BCUT2D eigenvalue weighted by Gasteiger charge is -2.30. The Bertz CT molecular complexity index is 481. The van der Waals surface area contributed by atoms with Gasteiger partial charge in [0.15, 0.2) is 0 Å². The van der Waals surface area contributed by atoms with Crippen LogP contribution in [0.3, 0.4) is 0 Å². The molecule has 0 saturated carbocycles. The minimum Gasteiger partial charge on any atom is -0.391 e. The second-order valence-corrected chi connectivity index (χ2v) is 4.36. The zero-order valence-electron chi connectivity index (χ0n) is 9.80.